The fourth-order valence-electron chi connectivity index (χ4n) is 19.0. The molecule has 0 amide bonds. The van der Waals surface area contributed by atoms with Gasteiger partial charge in [0.1, 0.15) is 0 Å². The summed E-state index contributed by atoms with van der Waals surface area (Å²) >= 11 is 0. The van der Waals surface area contributed by atoms with Crippen LogP contribution in [-0.2, 0) is 0 Å². The van der Waals surface area contributed by atoms with Crippen LogP contribution >= 0.6 is 0 Å². The lowest BCUT2D eigenvalue weighted by Gasteiger charge is -2.26. The molecule has 0 heteroatoms. The first kappa shape index (κ1) is 106. The van der Waals surface area contributed by atoms with Crippen LogP contribution in [0.15, 0.2) is 171 Å². The Morgan fingerprint density at radius 1 is 0.188 bits per heavy atom. The maximum Gasteiger partial charge on any atom is -0.0233 e. The molecule has 0 atom stereocenters. The van der Waals surface area contributed by atoms with Crippen molar-refractivity contribution in [1.29, 1.82) is 0 Å². The van der Waals surface area contributed by atoms with Crippen LogP contribution in [0.4, 0.5) is 0 Å². The van der Waals surface area contributed by atoms with Crippen molar-refractivity contribution in [2.24, 2.45) is 82.9 Å². The minimum atomic E-state index is 0.880. The molecule has 0 spiro atoms. The molecule has 7 aliphatic carbocycles. The molecule has 644 valence electrons. The smallest absolute Gasteiger partial charge is 0.0233 e. The van der Waals surface area contributed by atoms with E-state index in [4.69, 9.17) is 0 Å². The third kappa shape index (κ3) is 63.5. The van der Waals surface area contributed by atoms with Gasteiger partial charge in [-0.3, -0.25) is 0 Å². The van der Waals surface area contributed by atoms with Gasteiger partial charge >= 0.3 is 0 Å². The summed E-state index contributed by atoms with van der Waals surface area (Å²) in [5.74, 6) is 13.2. The highest BCUT2D eigenvalue weighted by atomic mass is 14.3. The van der Waals surface area contributed by atoms with E-state index in [9.17, 15) is 0 Å². The molecule has 7 saturated carbocycles. The van der Waals surface area contributed by atoms with E-state index in [1.54, 1.807) is 0 Å². The Morgan fingerprint density at radius 3 is 0.616 bits per heavy atom. The molecule has 0 aromatic rings. The van der Waals surface area contributed by atoms with Crippen LogP contribution in [-0.4, -0.2) is 0 Å². The van der Waals surface area contributed by atoms with Gasteiger partial charge in [-0.25, -0.2) is 0 Å². The minimum Gasteiger partial charge on any atom is -0.103 e. The average Bonchev–Trinajstić information content (AvgIpc) is 0.974. The molecular formula is C112H196. The van der Waals surface area contributed by atoms with Gasteiger partial charge in [0.05, 0.1) is 0 Å². The molecule has 0 N–H and O–H groups in total. The first-order valence-corrected chi connectivity index (χ1v) is 49.9. The molecule has 0 saturated heterocycles. The van der Waals surface area contributed by atoms with Gasteiger partial charge in [-0.15, -0.1) is 6.58 Å². The zero-order chi connectivity index (χ0) is 81.5. The minimum absolute atomic E-state index is 0.880. The summed E-state index contributed by atoms with van der Waals surface area (Å²) in [4.78, 5) is 0. The fourth-order valence-corrected chi connectivity index (χ4v) is 19.0. The quantitative estimate of drug-likeness (QED) is 0.0422. The number of rotatable bonds is 43. The highest BCUT2D eigenvalue weighted by Crippen LogP contribution is 2.38. The van der Waals surface area contributed by atoms with Gasteiger partial charge in [-0.2, -0.15) is 0 Å². The summed E-state index contributed by atoms with van der Waals surface area (Å²) in [5.41, 5.74) is 0. The lowest BCUT2D eigenvalue weighted by molar-refractivity contribution is 0.297. The van der Waals surface area contributed by atoms with Crippen LogP contribution in [0.2, 0.25) is 0 Å². The summed E-state index contributed by atoms with van der Waals surface area (Å²) in [6.45, 7) is 32.1. The molecule has 0 aromatic heterocycles. The molecule has 112 heavy (non-hydrogen) atoms. The largest absolute Gasteiger partial charge is 0.103 e. The standard InChI is InChI=1S/C19H34.C18H32.C17H30.C16H28.C15H26.C14H24.C13H22/c1-3-5-6-7-8-9-10-11-13-19-16-14-18(12-4-2)15-17-19;1-3-5-6-7-8-9-10-12-18-15-13-17(11-4-2)14-16-18;1-3-5-6-7-8-9-11-17-14-12-16(10-4-2)13-15-17;1-3-5-6-7-8-10-16-13-11-15(9-4-2)12-14-16;1-3-5-6-7-9-15-12-10-14(8-4-2)11-13-15;1-3-5-6-8-14-11-9-13(7-4-2)10-12-14;1-3-5-7-13-10-8-12(6-4-2)9-11-13/h4,9-10,12,18-19H,3,5-8,11,13-17H2,1-2H3;4,8-9,11,17-18H,3,5-7,10,12-16H2,1-2H3;4,7-8,10,16-17H,3,5-6,9,11-15H2,1-2H3;4,6-7,9,15-16H,3,5,8,10-14H2,1-2H3;4-6,8,14-15H,3,7,9-13H2,1-2H3;3-5,7,13-14H,6,8-12H2,1-2H3;3-4,6,12-13H,1,5,7-11H2,2H3/b10-9+,12-4+;9-8+,11-4+;8-7+,10-4+;7-6+,9-4+;6-5+,8-4+;5-3+,7-4+;6-4+. The van der Waals surface area contributed by atoms with Crippen LogP contribution in [0.1, 0.15) is 456 Å². The highest BCUT2D eigenvalue weighted by molar-refractivity contribution is 4.97. The van der Waals surface area contributed by atoms with Crippen molar-refractivity contribution < 1.29 is 0 Å². The molecule has 0 nitrogen and oxygen atoms in total. The van der Waals surface area contributed by atoms with E-state index in [1.807, 2.05) is 0 Å². The van der Waals surface area contributed by atoms with Crippen molar-refractivity contribution in [3.05, 3.63) is 171 Å². The van der Waals surface area contributed by atoms with Gasteiger partial charge in [-0.05, 0) is 453 Å². The molecule has 7 aliphatic rings. The Bertz CT molecular complexity index is 2360. The Balaban J connectivity index is 0.000000655. The second-order valence-electron chi connectivity index (χ2n) is 36.1. The molecule has 7 fully saturated rings. The third-order valence-corrected chi connectivity index (χ3v) is 26.4. The summed E-state index contributed by atoms with van der Waals surface area (Å²) in [6, 6.07) is 0. The second-order valence-corrected chi connectivity index (χ2v) is 36.1. The van der Waals surface area contributed by atoms with E-state index >= 15 is 0 Å². The average molecular weight is 1540 g/mol. The van der Waals surface area contributed by atoms with Crippen LogP contribution in [0.5, 0.6) is 0 Å². The molecule has 0 aliphatic heterocycles. The van der Waals surface area contributed by atoms with Gasteiger partial charge in [0, 0.05) is 0 Å². The normalized spacial score (nSPS) is 26.8. The highest BCUT2D eigenvalue weighted by Gasteiger charge is 2.24. The summed E-state index contributed by atoms with van der Waals surface area (Å²) in [5, 5.41) is 0. The Hall–Kier alpha value is -3.64. The van der Waals surface area contributed by atoms with E-state index in [1.165, 1.54) is 366 Å². The van der Waals surface area contributed by atoms with E-state index in [-0.39, 0.29) is 0 Å². The van der Waals surface area contributed by atoms with Gasteiger partial charge in [0.15, 0.2) is 0 Å². The molecule has 0 bridgehead atoms. The zero-order valence-corrected chi connectivity index (χ0v) is 77.7. The van der Waals surface area contributed by atoms with Crippen LogP contribution < -0.4 is 0 Å². The van der Waals surface area contributed by atoms with E-state index in [0.29, 0.717) is 0 Å². The van der Waals surface area contributed by atoms with Crippen molar-refractivity contribution in [2.75, 3.05) is 0 Å². The van der Waals surface area contributed by atoms with Crippen LogP contribution in [0.3, 0.4) is 0 Å². The van der Waals surface area contributed by atoms with Crippen LogP contribution in [0.25, 0.3) is 0 Å². The molecule has 7 rings (SSSR count). The maximum absolute atomic E-state index is 3.78. The van der Waals surface area contributed by atoms with Crippen molar-refractivity contribution >= 4 is 0 Å². The van der Waals surface area contributed by atoms with Gasteiger partial charge in [0.25, 0.3) is 0 Å². The van der Waals surface area contributed by atoms with E-state index < -0.39 is 0 Å². The summed E-state index contributed by atoms with van der Waals surface area (Å²) in [7, 11) is 0. The Kier molecular flexibility index (Phi) is 77.0. The first-order chi connectivity index (χ1) is 55.0. The lowest BCUT2D eigenvalue weighted by Crippen LogP contribution is -2.12. The van der Waals surface area contributed by atoms with Crippen molar-refractivity contribution in [3.63, 3.8) is 0 Å². The molecular weight excluding hydrogens is 1350 g/mol. The summed E-state index contributed by atoms with van der Waals surface area (Å²) < 4.78 is 0. The zero-order valence-electron chi connectivity index (χ0n) is 77.7. The lowest BCUT2D eigenvalue weighted by atomic mass is 9.80. The summed E-state index contributed by atoms with van der Waals surface area (Å²) in [6.07, 6.45) is 142. The number of hydrogen-bond donors (Lipinski definition) is 0. The van der Waals surface area contributed by atoms with E-state index in [0.717, 1.165) is 82.9 Å². The van der Waals surface area contributed by atoms with Gasteiger partial charge in [-0.1, -0.05) is 250 Å². The Morgan fingerprint density at radius 2 is 0.393 bits per heavy atom. The second kappa shape index (κ2) is 81.1. The fraction of sp³-hybridized carbons (Fsp3) is 0.750. The van der Waals surface area contributed by atoms with Gasteiger partial charge < -0.3 is 0 Å². The predicted octanol–water partition coefficient (Wildman–Crippen LogP) is 38.5. The van der Waals surface area contributed by atoms with Crippen molar-refractivity contribution in [2.45, 2.75) is 456 Å². The topological polar surface area (TPSA) is 0 Å². The van der Waals surface area contributed by atoms with Crippen molar-refractivity contribution in [1.82, 2.24) is 0 Å². The van der Waals surface area contributed by atoms with Crippen molar-refractivity contribution in [3.8, 4) is 0 Å². The van der Waals surface area contributed by atoms with Crippen LogP contribution in [0, 0.1) is 82.9 Å². The molecule has 0 unspecified atom stereocenters. The SMILES string of the molecule is C/C=C/C1CCC(CC/C=C/CC)CC1.C/C=C/C1CCC(CC/C=C/CCC)CC1.C/C=C/C1CCC(CC/C=C/CCCC)CC1.C/C=C/C1CCC(CC/C=C/CCCCC)CC1.C/C=C/C1CCC(CC/C=C/CCCCCC)CC1.C/C=C/CCC1CCC(/C=C/C)CC1.C=CCCC1CCC(/C=C/C)CC1. The van der Waals surface area contributed by atoms with Gasteiger partial charge in [0.2, 0.25) is 0 Å². The monoisotopic (exact) mass is 1540 g/mol. The number of allylic oxidation sites excluding steroid dienone is 27. The van der Waals surface area contributed by atoms with E-state index in [2.05, 4.69) is 261 Å². The predicted molar refractivity (Wildman–Crippen MR) is 515 cm³/mol. The molecule has 0 aromatic carbocycles. The Labute approximate surface area is 705 Å². The number of unbranched alkanes of at least 4 members (excludes halogenated alkanes) is 10. The first-order valence-electron chi connectivity index (χ1n) is 49.9. The molecule has 0 heterocycles. The number of hydrogen-bond acceptors (Lipinski definition) is 0. The maximum atomic E-state index is 3.78. The molecule has 0 radical (unpaired) electrons. The third-order valence-electron chi connectivity index (χ3n) is 26.4.